The summed E-state index contributed by atoms with van der Waals surface area (Å²) < 4.78 is 32.4. The van der Waals surface area contributed by atoms with Crippen LogP contribution in [0.15, 0.2) is 42.5 Å². The highest BCUT2D eigenvalue weighted by molar-refractivity contribution is 5.85. The van der Waals surface area contributed by atoms with Gasteiger partial charge in [0.2, 0.25) is 0 Å². The standard InChI is InChI=1S/C16H16F2N2O2/c1-2-19-15-13(17)8-12(9-14(15)18)20-16(21)22-10-11-6-4-3-5-7-11/h3-9,19H,2,10H2,1H3,(H,20,21). The summed E-state index contributed by atoms with van der Waals surface area (Å²) in [4.78, 5) is 11.6. The van der Waals surface area contributed by atoms with Crippen molar-refractivity contribution in [2.75, 3.05) is 17.2 Å². The fraction of sp³-hybridized carbons (Fsp3) is 0.188. The van der Waals surface area contributed by atoms with Crippen molar-refractivity contribution < 1.29 is 18.3 Å². The Morgan fingerprint density at radius 1 is 1.14 bits per heavy atom. The van der Waals surface area contributed by atoms with Crippen LogP contribution in [0.5, 0.6) is 0 Å². The molecule has 1 amide bonds. The monoisotopic (exact) mass is 306 g/mol. The predicted octanol–water partition coefficient (Wildman–Crippen LogP) is 4.15. The lowest BCUT2D eigenvalue weighted by Gasteiger charge is -2.10. The molecule has 0 aliphatic heterocycles. The summed E-state index contributed by atoms with van der Waals surface area (Å²) in [7, 11) is 0. The van der Waals surface area contributed by atoms with Crippen molar-refractivity contribution in [1.82, 2.24) is 0 Å². The molecule has 6 heteroatoms. The Balaban J connectivity index is 1.97. The van der Waals surface area contributed by atoms with Crippen LogP contribution < -0.4 is 10.6 Å². The van der Waals surface area contributed by atoms with Gasteiger partial charge in [-0.2, -0.15) is 0 Å². The first-order chi connectivity index (χ1) is 10.6. The van der Waals surface area contributed by atoms with Crippen LogP contribution in [0.25, 0.3) is 0 Å². The molecule has 2 aromatic rings. The summed E-state index contributed by atoms with van der Waals surface area (Å²) in [6.07, 6.45) is -0.779. The maximum Gasteiger partial charge on any atom is 0.411 e. The molecule has 0 aliphatic rings. The van der Waals surface area contributed by atoms with E-state index in [-0.39, 0.29) is 18.0 Å². The van der Waals surface area contributed by atoms with Crippen molar-refractivity contribution in [3.8, 4) is 0 Å². The van der Waals surface area contributed by atoms with Crippen molar-refractivity contribution in [3.63, 3.8) is 0 Å². The minimum atomic E-state index is -0.779. The fourth-order valence-electron chi connectivity index (χ4n) is 1.87. The fourth-order valence-corrected chi connectivity index (χ4v) is 1.87. The lowest BCUT2D eigenvalue weighted by Crippen LogP contribution is -2.14. The lowest BCUT2D eigenvalue weighted by molar-refractivity contribution is 0.155. The number of ether oxygens (including phenoxy) is 1. The van der Waals surface area contributed by atoms with Crippen LogP contribution in [-0.4, -0.2) is 12.6 Å². The summed E-state index contributed by atoms with van der Waals surface area (Å²) in [6.45, 7) is 2.19. The van der Waals surface area contributed by atoms with E-state index in [9.17, 15) is 13.6 Å². The molecular formula is C16H16F2N2O2. The summed E-state index contributed by atoms with van der Waals surface area (Å²) in [5.41, 5.74) is 0.595. The molecule has 0 saturated heterocycles. The Morgan fingerprint density at radius 2 is 1.77 bits per heavy atom. The minimum Gasteiger partial charge on any atom is -0.444 e. The second kappa shape index (κ2) is 7.40. The summed E-state index contributed by atoms with van der Waals surface area (Å²) >= 11 is 0. The number of benzene rings is 2. The van der Waals surface area contributed by atoms with Crippen LogP contribution in [-0.2, 0) is 11.3 Å². The van der Waals surface area contributed by atoms with Crippen molar-refractivity contribution in [2.24, 2.45) is 0 Å². The van der Waals surface area contributed by atoms with E-state index in [0.717, 1.165) is 17.7 Å². The first-order valence-corrected chi connectivity index (χ1v) is 6.80. The molecule has 0 fully saturated rings. The third kappa shape index (κ3) is 4.18. The Kier molecular flexibility index (Phi) is 5.30. The number of carbonyl (C=O) groups is 1. The SMILES string of the molecule is CCNc1c(F)cc(NC(=O)OCc2ccccc2)cc1F. The molecule has 0 aliphatic carbocycles. The van der Waals surface area contributed by atoms with Gasteiger partial charge in [0.1, 0.15) is 12.3 Å². The minimum absolute atomic E-state index is 0.00489. The second-order valence-electron chi connectivity index (χ2n) is 4.53. The Labute approximate surface area is 127 Å². The van der Waals surface area contributed by atoms with Gasteiger partial charge in [-0.25, -0.2) is 13.6 Å². The van der Waals surface area contributed by atoms with Crippen LogP contribution in [0.3, 0.4) is 0 Å². The third-order valence-corrected chi connectivity index (χ3v) is 2.85. The molecule has 0 radical (unpaired) electrons. The molecule has 22 heavy (non-hydrogen) atoms. The van der Waals surface area contributed by atoms with Gasteiger partial charge in [0, 0.05) is 12.2 Å². The van der Waals surface area contributed by atoms with Crippen molar-refractivity contribution in [3.05, 3.63) is 59.7 Å². The summed E-state index contributed by atoms with van der Waals surface area (Å²) in [5, 5.41) is 4.87. The number of halogens is 2. The number of hydrogen-bond donors (Lipinski definition) is 2. The first kappa shape index (κ1) is 15.8. The molecule has 0 unspecified atom stereocenters. The molecule has 2 aromatic carbocycles. The summed E-state index contributed by atoms with van der Waals surface area (Å²) in [6, 6.07) is 11.2. The van der Waals surface area contributed by atoms with E-state index in [2.05, 4.69) is 10.6 Å². The predicted molar refractivity (Wildman–Crippen MR) is 80.8 cm³/mol. The van der Waals surface area contributed by atoms with E-state index in [4.69, 9.17) is 4.74 Å². The van der Waals surface area contributed by atoms with Gasteiger partial charge in [-0.1, -0.05) is 30.3 Å². The summed E-state index contributed by atoms with van der Waals surface area (Å²) in [5.74, 6) is -1.56. The maximum absolute atomic E-state index is 13.7. The Morgan fingerprint density at radius 3 is 2.36 bits per heavy atom. The Hall–Kier alpha value is -2.63. The second-order valence-corrected chi connectivity index (χ2v) is 4.53. The van der Waals surface area contributed by atoms with E-state index < -0.39 is 17.7 Å². The highest BCUT2D eigenvalue weighted by Crippen LogP contribution is 2.23. The molecule has 0 aromatic heterocycles. The number of nitrogens with one attached hydrogen (secondary N) is 2. The van der Waals surface area contributed by atoms with E-state index in [1.165, 1.54) is 0 Å². The average molecular weight is 306 g/mol. The zero-order chi connectivity index (χ0) is 15.9. The molecule has 0 saturated carbocycles. The van der Waals surface area contributed by atoms with Gasteiger partial charge in [-0.3, -0.25) is 5.32 Å². The van der Waals surface area contributed by atoms with E-state index >= 15 is 0 Å². The molecule has 2 N–H and O–H groups in total. The highest BCUT2D eigenvalue weighted by atomic mass is 19.1. The molecule has 0 spiro atoms. The van der Waals surface area contributed by atoms with Crippen LogP contribution in [0, 0.1) is 11.6 Å². The zero-order valence-corrected chi connectivity index (χ0v) is 12.0. The van der Waals surface area contributed by atoms with E-state index in [1.807, 2.05) is 18.2 Å². The highest BCUT2D eigenvalue weighted by Gasteiger charge is 2.12. The van der Waals surface area contributed by atoms with Crippen molar-refractivity contribution in [1.29, 1.82) is 0 Å². The van der Waals surface area contributed by atoms with Gasteiger partial charge in [0.15, 0.2) is 11.6 Å². The van der Waals surface area contributed by atoms with E-state index in [0.29, 0.717) is 6.54 Å². The van der Waals surface area contributed by atoms with Crippen LogP contribution in [0.4, 0.5) is 25.0 Å². The van der Waals surface area contributed by atoms with Gasteiger partial charge in [-0.05, 0) is 24.6 Å². The number of hydrogen-bond acceptors (Lipinski definition) is 3. The van der Waals surface area contributed by atoms with Gasteiger partial charge in [0.05, 0.1) is 0 Å². The number of anilines is 2. The smallest absolute Gasteiger partial charge is 0.411 e. The van der Waals surface area contributed by atoms with Crippen molar-refractivity contribution in [2.45, 2.75) is 13.5 Å². The third-order valence-electron chi connectivity index (χ3n) is 2.85. The molecule has 0 heterocycles. The molecule has 0 atom stereocenters. The number of amides is 1. The largest absolute Gasteiger partial charge is 0.444 e. The number of carbonyl (C=O) groups excluding carboxylic acids is 1. The van der Waals surface area contributed by atoms with Gasteiger partial charge in [-0.15, -0.1) is 0 Å². The van der Waals surface area contributed by atoms with Crippen LogP contribution in [0.1, 0.15) is 12.5 Å². The van der Waals surface area contributed by atoms with Crippen LogP contribution in [0.2, 0.25) is 0 Å². The van der Waals surface area contributed by atoms with Gasteiger partial charge in [0.25, 0.3) is 0 Å². The lowest BCUT2D eigenvalue weighted by atomic mass is 10.2. The normalized spacial score (nSPS) is 10.1. The molecule has 2 rings (SSSR count). The average Bonchev–Trinajstić information content (AvgIpc) is 2.50. The molecule has 0 bridgehead atoms. The quantitative estimate of drug-likeness (QED) is 0.872. The molecular weight excluding hydrogens is 290 g/mol. The van der Waals surface area contributed by atoms with Gasteiger partial charge < -0.3 is 10.1 Å². The molecule has 4 nitrogen and oxygen atoms in total. The van der Waals surface area contributed by atoms with Crippen LogP contribution >= 0.6 is 0 Å². The van der Waals surface area contributed by atoms with Crippen molar-refractivity contribution >= 4 is 17.5 Å². The molecule has 116 valence electrons. The van der Waals surface area contributed by atoms with E-state index in [1.54, 1.807) is 19.1 Å². The Bertz CT molecular complexity index is 625. The van der Waals surface area contributed by atoms with Gasteiger partial charge >= 0.3 is 6.09 Å². The number of rotatable bonds is 5. The first-order valence-electron chi connectivity index (χ1n) is 6.80. The topological polar surface area (TPSA) is 50.4 Å². The maximum atomic E-state index is 13.7. The zero-order valence-electron chi connectivity index (χ0n) is 12.0.